The molecule has 0 fully saturated rings. The SMILES string of the molecule is CCC(C(=O)O)c1ccc(Br)cc1C(F)(F)F. The molecule has 0 amide bonds. The van der Waals surface area contributed by atoms with Gasteiger partial charge in [-0.1, -0.05) is 28.9 Å². The van der Waals surface area contributed by atoms with Gasteiger partial charge in [-0.2, -0.15) is 13.2 Å². The minimum absolute atomic E-state index is 0.111. The normalized spacial score (nSPS) is 13.5. The second-order valence-corrected chi connectivity index (χ2v) is 4.44. The zero-order valence-electron chi connectivity index (χ0n) is 8.88. The second kappa shape index (κ2) is 5.08. The van der Waals surface area contributed by atoms with Crippen LogP contribution in [0.4, 0.5) is 13.2 Å². The Labute approximate surface area is 105 Å². The molecule has 0 aliphatic rings. The van der Waals surface area contributed by atoms with Gasteiger partial charge in [0.25, 0.3) is 0 Å². The minimum Gasteiger partial charge on any atom is -0.481 e. The molecule has 94 valence electrons. The number of carboxylic acids is 1. The molecule has 0 aliphatic heterocycles. The number of aliphatic carboxylic acids is 1. The lowest BCUT2D eigenvalue weighted by Crippen LogP contribution is -2.17. The zero-order chi connectivity index (χ0) is 13.2. The molecule has 1 rings (SSSR count). The molecular weight excluding hydrogens is 301 g/mol. The third-order valence-electron chi connectivity index (χ3n) is 2.40. The van der Waals surface area contributed by atoms with Gasteiger partial charge in [-0.3, -0.25) is 4.79 Å². The molecule has 2 nitrogen and oxygen atoms in total. The lowest BCUT2D eigenvalue weighted by Gasteiger charge is -2.17. The number of carbonyl (C=O) groups is 1. The summed E-state index contributed by atoms with van der Waals surface area (Å²) >= 11 is 2.95. The number of alkyl halides is 3. The number of rotatable bonds is 3. The summed E-state index contributed by atoms with van der Waals surface area (Å²) in [5.74, 6) is -2.39. The van der Waals surface area contributed by atoms with Crippen LogP contribution in [0.1, 0.15) is 30.4 Å². The quantitative estimate of drug-likeness (QED) is 0.914. The van der Waals surface area contributed by atoms with Crippen molar-refractivity contribution in [3.63, 3.8) is 0 Å². The highest BCUT2D eigenvalue weighted by molar-refractivity contribution is 9.10. The predicted octanol–water partition coefficient (Wildman–Crippen LogP) is 4.05. The maximum absolute atomic E-state index is 12.8. The van der Waals surface area contributed by atoms with E-state index in [4.69, 9.17) is 5.11 Å². The molecule has 0 saturated heterocycles. The molecule has 1 N–H and O–H groups in total. The summed E-state index contributed by atoms with van der Waals surface area (Å²) in [6, 6.07) is 3.52. The predicted molar refractivity (Wildman–Crippen MR) is 59.8 cm³/mol. The highest BCUT2D eigenvalue weighted by atomic mass is 79.9. The fraction of sp³-hybridized carbons (Fsp3) is 0.364. The number of hydrogen-bond donors (Lipinski definition) is 1. The Balaban J connectivity index is 3.37. The van der Waals surface area contributed by atoms with Crippen molar-refractivity contribution in [1.29, 1.82) is 0 Å². The zero-order valence-corrected chi connectivity index (χ0v) is 10.5. The van der Waals surface area contributed by atoms with E-state index in [1.54, 1.807) is 6.92 Å². The highest BCUT2D eigenvalue weighted by Crippen LogP contribution is 2.37. The first-order valence-corrected chi connectivity index (χ1v) is 5.66. The van der Waals surface area contributed by atoms with Crippen molar-refractivity contribution in [1.82, 2.24) is 0 Å². The van der Waals surface area contributed by atoms with E-state index in [0.717, 1.165) is 6.07 Å². The Kier molecular flexibility index (Phi) is 4.19. The van der Waals surface area contributed by atoms with Gasteiger partial charge in [0.1, 0.15) is 0 Å². The molecule has 0 radical (unpaired) electrons. The number of benzene rings is 1. The molecule has 1 aromatic rings. The number of hydrogen-bond acceptors (Lipinski definition) is 1. The fourth-order valence-electron chi connectivity index (χ4n) is 1.61. The molecule has 0 spiro atoms. The summed E-state index contributed by atoms with van der Waals surface area (Å²) in [6.07, 6.45) is -4.44. The summed E-state index contributed by atoms with van der Waals surface area (Å²) in [6.45, 7) is 1.54. The summed E-state index contributed by atoms with van der Waals surface area (Å²) in [7, 11) is 0. The topological polar surface area (TPSA) is 37.3 Å². The van der Waals surface area contributed by atoms with E-state index in [0.29, 0.717) is 0 Å². The Morgan fingerprint density at radius 3 is 2.47 bits per heavy atom. The lowest BCUT2D eigenvalue weighted by atomic mass is 9.92. The maximum Gasteiger partial charge on any atom is 0.416 e. The van der Waals surface area contributed by atoms with Crippen molar-refractivity contribution >= 4 is 21.9 Å². The van der Waals surface area contributed by atoms with E-state index in [9.17, 15) is 18.0 Å². The van der Waals surface area contributed by atoms with E-state index >= 15 is 0 Å². The standard InChI is InChI=1S/C11H10BrF3O2/c1-2-7(10(16)17)8-4-3-6(12)5-9(8)11(13,14)15/h3-5,7H,2H2,1H3,(H,16,17). The van der Waals surface area contributed by atoms with E-state index < -0.39 is 23.6 Å². The van der Waals surface area contributed by atoms with Gasteiger partial charge in [0.2, 0.25) is 0 Å². The molecule has 17 heavy (non-hydrogen) atoms. The Morgan fingerprint density at radius 2 is 2.06 bits per heavy atom. The van der Waals surface area contributed by atoms with Crippen LogP contribution in [0.5, 0.6) is 0 Å². The third kappa shape index (κ3) is 3.21. The third-order valence-corrected chi connectivity index (χ3v) is 2.90. The molecule has 6 heteroatoms. The van der Waals surface area contributed by atoms with E-state index in [2.05, 4.69) is 15.9 Å². The van der Waals surface area contributed by atoms with Gasteiger partial charge in [0.15, 0.2) is 0 Å². The van der Waals surface area contributed by atoms with Gasteiger partial charge in [0, 0.05) is 4.47 Å². The number of halogens is 4. The summed E-state index contributed by atoms with van der Waals surface area (Å²) in [5.41, 5.74) is -1.10. The van der Waals surface area contributed by atoms with E-state index in [1.807, 2.05) is 0 Å². The molecule has 0 aliphatic carbocycles. The molecular formula is C11H10BrF3O2. The van der Waals surface area contributed by atoms with Crippen LogP contribution in [0.2, 0.25) is 0 Å². The van der Waals surface area contributed by atoms with Crippen molar-refractivity contribution < 1.29 is 23.1 Å². The van der Waals surface area contributed by atoms with E-state index in [-0.39, 0.29) is 16.5 Å². The number of carboxylic acid groups (broad SMARTS) is 1. The maximum atomic E-state index is 12.8. The first-order valence-electron chi connectivity index (χ1n) is 4.86. The van der Waals surface area contributed by atoms with Gasteiger partial charge in [0.05, 0.1) is 11.5 Å². The molecule has 0 bridgehead atoms. The second-order valence-electron chi connectivity index (χ2n) is 3.53. The summed E-state index contributed by atoms with van der Waals surface area (Å²) in [4.78, 5) is 10.9. The van der Waals surface area contributed by atoms with Crippen LogP contribution in [0.3, 0.4) is 0 Å². The molecule has 0 aromatic heterocycles. The van der Waals surface area contributed by atoms with Crippen LogP contribution in [0.15, 0.2) is 22.7 Å². The van der Waals surface area contributed by atoms with Gasteiger partial charge >= 0.3 is 12.1 Å². The fourth-order valence-corrected chi connectivity index (χ4v) is 1.97. The molecule has 1 atom stereocenters. The molecule has 1 unspecified atom stereocenters. The van der Waals surface area contributed by atoms with Crippen molar-refractivity contribution in [2.75, 3.05) is 0 Å². The van der Waals surface area contributed by atoms with Crippen molar-refractivity contribution in [2.45, 2.75) is 25.4 Å². The summed E-state index contributed by atoms with van der Waals surface area (Å²) < 4.78 is 38.6. The van der Waals surface area contributed by atoms with Gasteiger partial charge in [-0.25, -0.2) is 0 Å². The first-order chi connectivity index (χ1) is 7.77. The minimum atomic E-state index is -4.55. The average Bonchev–Trinajstić information content (AvgIpc) is 2.19. The van der Waals surface area contributed by atoms with Crippen molar-refractivity contribution in [3.8, 4) is 0 Å². The van der Waals surface area contributed by atoms with Crippen LogP contribution in [-0.2, 0) is 11.0 Å². The van der Waals surface area contributed by atoms with Crippen LogP contribution >= 0.6 is 15.9 Å². The van der Waals surface area contributed by atoms with Gasteiger partial charge in [-0.05, 0) is 24.1 Å². The largest absolute Gasteiger partial charge is 0.481 e. The van der Waals surface area contributed by atoms with Crippen LogP contribution in [0, 0.1) is 0 Å². The highest BCUT2D eigenvalue weighted by Gasteiger charge is 2.36. The summed E-state index contributed by atoms with van der Waals surface area (Å²) in [5, 5.41) is 8.91. The van der Waals surface area contributed by atoms with Crippen molar-refractivity contribution in [2.24, 2.45) is 0 Å². The first kappa shape index (κ1) is 14.0. The lowest BCUT2D eigenvalue weighted by molar-refractivity contribution is -0.141. The Bertz CT molecular complexity index is 429. The van der Waals surface area contributed by atoms with Crippen LogP contribution < -0.4 is 0 Å². The van der Waals surface area contributed by atoms with Crippen LogP contribution in [-0.4, -0.2) is 11.1 Å². The Hall–Kier alpha value is -1.04. The van der Waals surface area contributed by atoms with Crippen LogP contribution in [0.25, 0.3) is 0 Å². The molecule has 1 aromatic carbocycles. The van der Waals surface area contributed by atoms with Crippen molar-refractivity contribution in [3.05, 3.63) is 33.8 Å². The average molecular weight is 311 g/mol. The van der Waals surface area contributed by atoms with Gasteiger partial charge in [-0.15, -0.1) is 0 Å². The molecule has 0 heterocycles. The van der Waals surface area contributed by atoms with Gasteiger partial charge < -0.3 is 5.11 Å². The Morgan fingerprint density at radius 1 is 1.47 bits per heavy atom. The molecule has 0 saturated carbocycles. The monoisotopic (exact) mass is 310 g/mol. The smallest absolute Gasteiger partial charge is 0.416 e. The van der Waals surface area contributed by atoms with E-state index in [1.165, 1.54) is 12.1 Å².